The van der Waals surface area contributed by atoms with Crippen molar-refractivity contribution >= 4 is 0 Å². The Morgan fingerprint density at radius 2 is 1.79 bits per heavy atom. The molecule has 0 saturated heterocycles. The highest BCUT2D eigenvalue weighted by molar-refractivity contribution is 5.76. The van der Waals surface area contributed by atoms with Gasteiger partial charge in [0.25, 0.3) is 0 Å². The summed E-state index contributed by atoms with van der Waals surface area (Å²) in [6.07, 6.45) is 0.976. The van der Waals surface area contributed by atoms with Crippen LogP contribution in [0, 0.1) is 0 Å². The molecular weight excluding hydrogens is 172 g/mol. The van der Waals surface area contributed by atoms with E-state index in [9.17, 15) is 5.11 Å². The third-order valence-electron chi connectivity index (χ3n) is 2.76. The highest BCUT2D eigenvalue weighted by atomic mass is 16.3. The van der Waals surface area contributed by atoms with Gasteiger partial charge in [-0.15, -0.1) is 0 Å². The summed E-state index contributed by atoms with van der Waals surface area (Å²) in [5, 5.41) is 9.72. The number of phenolic OH excluding ortho intramolecular Hbond substituents is 1. The minimum Gasteiger partial charge on any atom is -0.507 e. The second-order valence-corrected chi connectivity index (χ2v) is 3.69. The maximum Gasteiger partial charge on any atom is 0.123 e. The minimum absolute atomic E-state index is 0.376. The Morgan fingerprint density at radius 3 is 2.71 bits per heavy atom. The van der Waals surface area contributed by atoms with Crippen LogP contribution in [0.15, 0.2) is 42.5 Å². The van der Waals surface area contributed by atoms with Crippen LogP contribution < -0.4 is 0 Å². The molecule has 1 N–H and O–H groups in total. The first-order valence-corrected chi connectivity index (χ1v) is 4.75. The van der Waals surface area contributed by atoms with Crippen molar-refractivity contribution in [2.45, 2.75) is 6.42 Å². The monoisotopic (exact) mass is 182 g/mol. The van der Waals surface area contributed by atoms with Crippen molar-refractivity contribution in [3.8, 4) is 16.9 Å². The zero-order valence-electron chi connectivity index (χ0n) is 7.70. The fraction of sp³-hybridized carbons (Fsp3) is 0.0769. The van der Waals surface area contributed by atoms with E-state index in [0.717, 1.165) is 17.5 Å². The molecule has 2 aromatic carbocycles. The molecule has 0 aliphatic heterocycles. The molecule has 1 aliphatic carbocycles. The Hall–Kier alpha value is -1.76. The Balaban J connectivity index is 2.36. The molecule has 68 valence electrons. The fourth-order valence-electron chi connectivity index (χ4n) is 2.07. The predicted octanol–water partition coefficient (Wildman–Crippen LogP) is 2.96. The topological polar surface area (TPSA) is 20.2 Å². The normalized spacial score (nSPS) is 12.3. The molecule has 0 saturated carbocycles. The summed E-state index contributed by atoms with van der Waals surface area (Å²) in [5.74, 6) is 0.376. The van der Waals surface area contributed by atoms with Gasteiger partial charge < -0.3 is 5.11 Å². The van der Waals surface area contributed by atoms with Crippen LogP contribution in [-0.4, -0.2) is 5.11 Å². The van der Waals surface area contributed by atoms with Crippen molar-refractivity contribution in [1.29, 1.82) is 0 Å². The molecule has 0 amide bonds. The Bertz CT molecular complexity index is 500. The molecule has 2 aromatic rings. The lowest BCUT2D eigenvalue weighted by molar-refractivity contribution is 0.477. The van der Waals surface area contributed by atoms with Crippen LogP contribution in [0.2, 0.25) is 0 Å². The average Bonchev–Trinajstić information content (AvgIpc) is 2.23. The van der Waals surface area contributed by atoms with E-state index >= 15 is 0 Å². The summed E-state index contributed by atoms with van der Waals surface area (Å²) in [4.78, 5) is 0. The molecule has 1 nitrogen and oxygen atoms in total. The summed E-state index contributed by atoms with van der Waals surface area (Å²) in [6.45, 7) is 0. The highest BCUT2D eigenvalue weighted by Gasteiger charge is 2.14. The van der Waals surface area contributed by atoms with E-state index in [2.05, 4.69) is 18.2 Å². The van der Waals surface area contributed by atoms with Crippen LogP contribution in [0.25, 0.3) is 11.1 Å². The van der Waals surface area contributed by atoms with Crippen LogP contribution in [0.5, 0.6) is 5.75 Å². The third kappa shape index (κ3) is 0.956. The smallest absolute Gasteiger partial charge is 0.123 e. The largest absolute Gasteiger partial charge is 0.507 e. The van der Waals surface area contributed by atoms with E-state index in [-0.39, 0.29) is 0 Å². The summed E-state index contributed by atoms with van der Waals surface area (Å²) >= 11 is 0. The van der Waals surface area contributed by atoms with Gasteiger partial charge in [0.05, 0.1) is 0 Å². The van der Waals surface area contributed by atoms with Crippen LogP contribution in [-0.2, 0) is 6.42 Å². The van der Waals surface area contributed by atoms with Gasteiger partial charge in [-0.05, 0) is 35.2 Å². The quantitative estimate of drug-likeness (QED) is 0.566. The zero-order chi connectivity index (χ0) is 9.54. The number of phenols is 1. The van der Waals surface area contributed by atoms with E-state index in [4.69, 9.17) is 0 Å². The van der Waals surface area contributed by atoms with Gasteiger partial charge in [-0.2, -0.15) is 0 Å². The SMILES string of the molecule is Oc1ccc2cc1-c1ccccc1C2. The molecule has 14 heavy (non-hydrogen) atoms. The number of rotatable bonds is 0. The third-order valence-corrected chi connectivity index (χ3v) is 2.76. The maximum atomic E-state index is 9.72. The van der Waals surface area contributed by atoms with E-state index in [1.165, 1.54) is 11.1 Å². The summed E-state index contributed by atoms with van der Waals surface area (Å²) < 4.78 is 0. The molecule has 2 bridgehead atoms. The number of aromatic hydroxyl groups is 1. The van der Waals surface area contributed by atoms with Gasteiger partial charge in [0.15, 0.2) is 0 Å². The van der Waals surface area contributed by atoms with Gasteiger partial charge in [-0.1, -0.05) is 30.3 Å². The van der Waals surface area contributed by atoms with Gasteiger partial charge >= 0.3 is 0 Å². The van der Waals surface area contributed by atoms with Crippen LogP contribution >= 0.6 is 0 Å². The van der Waals surface area contributed by atoms with Gasteiger partial charge in [0, 0.05) is 5.56 Å². The first-order chi connectivity index (χ1) is 6.84. The molecule has 0 aromatic heterocycles. The second kappa shape index (κ2) is 2.61. The van der Waals surface area contributed by atoms with E-state index in [1.54, 1.807) is 6.07 Å². The zero-order valence-corrected chi connectivity index (χ0v) is 7.70. The molecule has 0 unspecified atom stereocenters. The molecule has 0 atom stereocenters. The number of hydrogen-bond acceptors (Lipinski definition) is 1. The molecule has 0 radical (unpaired) electrons. The summed E-state index contributed by atoms with van der Waals surface area (Å²) in [7, 11) is 0. The molecule has 3 rings (SSSR count). The standard InChI is InChI=1S/C13H10O/c14-13-6-5-9-7-10-3-1-2-4-11(10)12(13)8-9/h1-6,8,14H,7H2. The Kier molecular flexibility index (Phi) is 1.42. The molecule has 1 aliphatic rings. The number of benzene rings is 2. The Labute approximate surface area is 82.6 Å². The predicted molar refractivity (Wildman–Crippen MR) is 56.3 cm³/mol. The van der Waals surface area contributed by atoms with Gasteiger partial charge in [-0.25, -0.2) is 0 Å². The lowest BCUT2D eigenvalue weighted by Crippen LogP contribution is -1.98. The van der Waals surface area contributed by atoms with Gasteiger partial charge in [0.2, 0.25) is 0 Å². The van der Waals surface area contributed by atoms with E-state index in [1.807, 2.05) is 18.2 Å². The van der Waals surface area contributed by atoms with Crippen molar-refractivity contribution in [2.75, 3.05) is 0 Å². The van der Waals surface area contributed by atoms with Crippen molar-refractivity contribution in [3.05, 3.63) is 53.6 Å². The maximum absolute atomic E-state index is 9.72. The van der Waals surface area contributed by atoms with Crippen LogP contribution in [0.4, 0.5) is 0 Å². The van der Waals surface area contributed by atoms with Crippen molar-refractivity contribution in [2.24, 2.45) is 0 Å². The van der Waals surface area contributed by atoms with Crippen molar-refractivity contribution in [1.82, 2.24) is 0 Å². The molecular formula is C13H10O. The first kappa shape index (κ1) is 7.63. The average molecular weight is 182 g/mol. The van der Waals surface area contributed by atoms with Crippen LogP contribution in [0.1, 0.15) is 11.1 Å². The number of fused-ring (bicyclic) bond motifs is 4. The second-order valence-electron chi connectivity index (χ2n) is 3.69. The van der Waals surface area contributed by atoms with Crippen molar-refractivity contribution in [3.63, 3.8) is 0 Å². The minimum atomic E-state index is 0.376. The first-order valence-electron chi connectivity index (χ1n) is 4.75. The lowest BCUT2D eigenvalue weighted by atomic mass is 9.88. The van der Waals surface area contributed by atoms with Gasteiger partial charge in [-0.3, -0.25) is 0 Å². The number of hydrogen-bond donors (Lipinski definition) is 1. The van der Waals surface area contributed by atoms with E-state index < -0.39 is 0 Å². The Morgan fingerprint density at radius 1 is 0.929 bits per heavy atom. The van der Waals surface area contributed by atoms with Crippen molar-refractivity contribution < 1.29 is 5.11 Å². The van der Waals surface area contributed by atoms with Crippen LogP contribution in [0.3, 0.4) is 0 Å². The summed E-state index contributed by atoms with van der Waals surface area (Å²) in [5.41, 5.74) is 4.70. The van der Waals surface area contributed by atoms with E-state index in [0.29, 0.717) is 5.75 Å². The molecule has 0 fully saturated rings. The fourth-order valence-corrected chi connectivity index (χ4v) is 2.07. The lowest BCUT2D eigenvalue weighted by Gasteiger charge is -2.17. The highest BCUT2D eigenvalue weighted by Crippen LogP contribution is 2.37. The molecule has 1 heteroatoms. The van der Waals surface area contributed by atoms with Gasteiger partial charge in [0.1, 0.15) is 5.75 Å². The molecule has 0 heterocycles. The summed E-state index contributed by atoms with van der Waals surface area (Å²) in [6, 6.07) is 14.1. The molecule has 0 spiro atoms.